The van der Waals surface area contributed by atoms with E-state index in [1.54, 1.807) is 30.3 Å². The molecule has 1 aromatic heterocycles. The fourth-order valence-electron chi connectivity index (χ4n) is 4.63. The molecule has 0 unspecified atom stereocenters. The van der Waals surface area contributed by atoms with Gasteiger partial charge >= 0.3 is 29.6 Å². The monoisotopic (exact) mass is 597 g/mol. The van der Waals surface area contributed by atoms with E-state index in [9.17, 15) is 15.0 Å². The summed E-state index contributed by atoms with van der Waals surface area (Å²) < 4.78 is 23.4. The Morgan fingerprint density at radius 3 is 2.21 bits per heavy atom. The van der Waals surface area contributed by atoms with Crippen molar-refractivity contribution in [2.24, 2.45) is 0 Å². The first-order valence-electron chi connectivity index (χ1n) is 14.5. The van der Waals surface area contributed by atoms with Crippen LogP contribution in [0.4, 0.5) is 0 Å². The van der Waals surface area contributed by atoms with Crippen molar-refractivity contribution in [3.63, 3.8) is 0 Å². The van der Waals surface area contributed by atoms with Crippen LogP contribution in [-0.4, -0.2) is 29.4 Å². The van der Waals surface area contributed by atoms with Crippen LogP contribution < -0.4 is 48.9 Å². The van der Waals surface area contributed by atoms with Gasteiger partial charge in [0.05, 0.1) is 30.4 Å². The average Bonchev–Trinajstić information content (AvgIpc) is 3.32. The minimum Gasteiger partial charge on any atom is -0.545 e. The Hall–Kier alpha value is -3.46. The molecule has 9 heteroatoms. The molecule has 8 nitrogen and oxygen atoms in total. The molecule has 0 saturated carbocycles. The van der Waals surface area contributed by atoms with Crippen molar-refractivity contribution in [1.29, 1.82) is 0 Å². The number of aromatic carboxylic acids is 1. The van der Waals surface area contributed by atoms with Crippen molar-refractivity contribution in [3.05, 3.63) is 82.7 Å². The van der Waals surface area contributed by atoms with Crippen LogP contribution in [0.25, 0.3) is 11.1 Å². The van der Waals surface area contributed by atoms with E-state index in [-0.39, 0.29) is 46.6 Å². The van der Waals surface area contributed by atoms with Gasteiger partial charge in [0.1, 0.15) is 34.5 Å². The number of para-hydroxylation sites is 1. The van der Waals surface area contributed by atoms with Crippen molar-refractivity contribution in [2.75, 3.05) is 13.2 Å². The predicted octanol–water partition coefficient (Wildman–Crippen LogP) is 4.21. The van der Waals surface area contributed by atoms with E-state index in [1.807, 2.05) is 52.8 Å². The summed E-state index contributed by atoms with van der Waals surface area (Å²) >= 11 is 0. The second-order valence-electron chi connectivity index (χ2n) is 9.45. The standard InChI is InChI=1S/C32H35NO7.C2H6.Na/c1-5-11-23-27(14-9-15-28(23)39-29-13-8-7-12-24(29)32(35)36)37-16-10-17-38-30-19-26(34)25(18-22(30)6-2)31-20(3)33-40-21(31)4;1-2;/h7-9,12-15,18-19,34H,5-6,10-11,16-17H2,1-4H3,(H,35,36);1-2H3;/q;;+1/p-1. The molecule has 0 aliphatic heterocycles. The zero-order chi connectivity index (χ0) is 30.6. The molecular weight excluding hydrogens is 557 g/mol. The van der Waals surface area contributed by atoms with E-state index in [2.05, 4.69) is 12.1 Å². The molecule has 0 amide bonds. The maximum Gasteiger partial charge on any atom is 1.00 e. The Bertz CT molecular complexity index is 1460. The Balaban J connectivity index is 0.00000211. The normalized spacial score (nSPS) is 10.3. The van der Waals surface area contributed by atoms with Gasteiger partial charge in [-0.1, -0.05) is 57.5 Å². The molecular formula is C34H40NNaO7. The van der Waals surface area contributed by atoms with E-state index in [0.29, 0.717) is 54.6 Å². The van der Waals surface area contributed by atoms with Crippen LogP contribution in [0.3, 0.4) is 0 Å². The maximum atomic E-state index is 11.5. The van der Waals surface area contributed by atoms with Crippen LogP contribution in [0.1, 0.15) is 73.5 Å². The fraction of sp³-hybridized carbons (Fsp3) is 0.353. The van der Waals surface area contributed by atoms with Gasteiger partial charge in [-0.3, -0.25) is 0 Å². The minimum atomic E-state index is -1.29. The molecule has 1 N–H and O–H groups in total. The Morgan fingerprint density at radius 2 is 1.58 bits per heavy atom. The number of phenolic OH excluding ortho intramolecular Hbond substituents is 1. The first-order valence-corrected chi connectivity index (χ1v) is 14.5. The molecule has 0 aliphatic carbocycles. The zero-order valence-corrected chi connectivity index (χ0v) is 28.3. The molecule has 0 spiro atoms. The third-order valence-corrected chi connectivity index (χ3v) is 6.58. The first kappa shape index (κ1) is 35.7. The topological polar surface area (TPSA) is 114 Å². The molecule has 0 saturated heterocycles. The number of aromatic hydroxyl groups is 1. The maximum absolute atomic E-state index is 11.5. The van der Waals surface area contributed by atoms with Gasteiger partial charge < -0.3 is 33.7 Å². The van der Waals surface area contributed by atoms with Gasteiger partial charge in [0, 0.05) is 29.2 Å². The number of rotatable bonds is 13. The van der Waals surface area contributed by atoms with E-state index in [4.69, 9.17) is 18.7 Å². The minimum absolute atomic E-state index is 0. The fourth-order valence-corrected chi connectivity index (χ4v) is 4.63. The molecule has 0 fully saturated rings. The van der Waals surface area contributed by atoms with Crippen molar-refractivity contribution < 1.29 is 63.3 Å². The van der Waals surface area contributed by atoms with Crippen molar-refractivity contribution >= 4 is 5.97 Å². The summed E-state index contributed by atoms with van der Waals surface area (Å²) in [5, 5.41) is 26.2. The molecule has 4 rings (SSSR count). The molecule has 0 bridgehead atoms. The second kappa shape index (κ2) is 17.6. The number of carboxylic acid groups (broad SMARTS) is 1. The quantitative estimate of drug-likeness (QED) is 0.180. The Labute approximate surface area is 276 Å². The third-order valence-electron chi connectivity index (χ3n) is 6.58. The predicted molar refractivity (Wildman–Crippen MR) is 161 cm³/mol. The van der Waals surface area contributed by atoms with Crippen LogP contribution in [0.15, 0.2) is 59.1 Å². The summed E-state index contributed by atoms with van der Waals surface area (Å²) in [6.45, 7) is 12.6. The number of hydrogen-bond acceptors (Lipinski definition) is 8. The first-order chi connectivity index (χ1) is 20.3. The number of hydrogen-bond donors (Lipinski definition) is 1. The van der Waals surface area contributed by atoms with Gasteiger partial charge in [0.25, 0.3) is 0 Å². The van der Waals surface area contributed by atoms with Crippen molar-refractivity contribution in [3.8, 4) is 39.9 Å². The summed E-state index contributed by atoms with van der Waals surface area (Å²) in [6, 6.07) is 15.5. The number of carboxylic acids is 1. The summed E-state index contributed by atoms with van der Waals surface area (Å²) in [6.07, 6.45) is 2.90. The molecule has 0 atom stereocenters. The van der Waals surface area contributed by atoms with Crippen LogP contribution in [-0.2, 0) is 12.8 Å². The third kappa shape index (κ3) is 9.02. The largest absolute Gasteiger partial charge is 1.00 e. The van der Waals surface area contributed by atoms with Gasteiger partial charge in [-0.15, -0.1) is 0 Å². The molecule has 43 heavy (non-hydrogen) atoms. The number of carbonyl (C=O) groups is 1. The van der Waals surface area contributed by atoms with E-state index in [1.165, 1.54) is 6.07 Å². The van der Waals surface area contributed by atoms with Crippen molar-refractivity contribution in [1.82, 2.24) is 5.16 Å². The molecule has 1 heterocycles. The zero-order valence-electron chi connectivity index (χ0n) is 26.3. The van der Waals surface area contributed by atoms with Gasteiger partial charge in [-0.25, -0.2) is 0 Å². The molecule has 3 aromatic carbocycles. The summed E-state index contributed by atoms with van der Waals surface area (Å²) in [4.78, 5) is 11.5. The SMILES string of the molecule is CC.CCCc1c(OCCCOc2cc(O)c(-c3c(C)noc3C)cc2CC)cccc1Oc1ccccc1C(=O)[O-].[Na+]. The van der Waals surface area contributed by atoms with Gasteiger partial charge in [0.2, 0.25) is 0 Å². The molecule has 4 aromatic rings. The number of carbonyl (C=O) groups excluding carboxylic acids is 1. The summed E-state index contributed by atoms with van der Waals surface area (Å²) in [5.41, 5.74) is 4.03. The van der Waals surface area contributed by atoms with Crippen LogP contribution in [0, 0.1) is 13.8 Å². The van der Waals surface area contributed by atoms with E-state index >= 15 is 0 Å². The second-order valence-corrected chi connectivity index (χ2v) is 9.45. The van der Waals surface area contributed by atoms with Gasteiger partial charge in [-0.2, -0.15) is 0 Å². The number of ether oxygens (including phenoxy) is 3. The smallest absolute Gasteiger partial charge is 0.545 e. The molecule has 224 valence electrons. The Morgan fingerprint density at radius 1 is 0.930 bits per heavy atom. The summed E-state index contributed by atoms with van der Waals surface area (Å²) in [5.74, 6) is 1.55. The number of aryl methyl sites for hydroxylation is 3. The number of benzene rings is 3. The average molecular weight is 598 g/mol. The van der Waals surface area contributed by atoms with E-state index < -0.39 is 5.97 Å². The van der Waals surface area contributed by atoms with Gasteiger partial charge in [-0.05, 0) is 62.6 Å². The van der Waals surface area contributed by atoms with Crippen LogP contribution >= 0.6 is 0 Å². The number of nitrogens with zero attached hydrogens (tertiary/aromatic N) is 1. The summed E-state index contributed by atoms with van der Waals surface area (Å²) in [7, 11) is 0. The van der Waals surface area contributed by atoms with Crippen molar-refractivity contribution in [2.45, 2.75) is 67.2 Å². The Kier molecular flexibility index (Phi) is 14.6. The molecule has 0 radical (unpaired) electrons. The van der Waals surface area contributed by atoms with Crippen LogP contribution in [0.5, 0.6) is 28.7 Å². The van der Waals surface area contributed by atoms with Crippen LogP contribution in [0.2, 0.25) is 0 Å². The van der Waals surface area contributed by atoms with Gasteiger partial charge in [0.15, 0.2) is 0 Å². The number of phenols is 1. The molecule has 0 aliphatic rings. The van der Waals surface area contributed by atoms with E-state index in [0.717, 1.165) is 35.2 Å². The number of aromatic nitrogens is 1.